The zero-order valence-corrected chi connectivity index (χ0v) is 14.8. The quantitative estimate of drug-likeness (QED) is 0.676. The molecule has 0 aliphatic carbocycles. The van der Waals surface area contributed by atoms with Crippen LogP contribution in [0.3, 0.4) is 0 Å². The second kappa shape index (κ2) is 7.43. The van der Waals surface area contributed by atoms with Crippen LogP contribution in [0.4, 0.5) is 21.8 Å². The molecule has 7 heteroatoms. The van der Waals surface area contributed by atoms with Gasteiger partial charge in [-0.05, 0) is 43.2 Å². The summed E-state index contributed by atoms with van der Waals surface area (Å²) in [6.07, 6.45) is 2.35. The lowest BCUT2D eigenvalue weighted by Crippen LogP contribution is -2.19. The molecule has 0 spiro atoms. The van der Waals surface area contributed by atoms with Crippen molar-refractivity contribution in [2.45, 2.75) is 18.9 Å². The molecule has 3 aromatic rings. The fourth-order valence-electron chi connectivity index (χ4n) is 2.99. The summed E-state index contributed by atoms with van der Waals surface area (Å²) in [4.78, 5) is 9.12. The number of benzene rings is 2. The molecule has 134 valence electrons. The molecule has 1 aliphatic heterocycles. The van der Waals surface area contributed by atoms with Gasteiger partial charge in [-0.3, -0.25) is 0 Å². The van der Waals surface area contributed by atoms with E-state index in [0.717, 1.165) is 36.2 Å². The maximum Gasteiger partial charge on any atom is 0.229 e. The van der Waals surface area contributed by atoms with Crippen LogP contribution in [0, 0.1) is 5.82 Å². The predicted molar refractivity (Wildman–Crippen MR) is 102 cm³/mol. The fourth-order valence-corrected chi connectivity index (χ4v) is 3.17. The molecule has 2 heterocycles. The third-order valence-electron chi connectivity index (χ3n) is 4.30. The fraction of sp³-hybridized carbons (Fsp3) is 0.263. The van der Waals surface area contributed by atoms with Gasteiger partial charge in [-0.25, -0.2) is 9.37 Å². The lowest BCUT2D eigenvalue weighted by atomic mass is 10.2. The van der Waals surface area contributed by atoms with Crippen LogP contribution < -0.4 is 10.6 Å². The SMILES string of the molecule is Fc1ccc(Nc2nc(NCC3CCCO3)c3ccccc3n2)cc1Cl. The van der Waals surface area contributed by atoms with Crippen molar-refractivity contribution in [3.63, 3.8) is 0 Å². The zero-order valence-electron chi connectivity index (χ0n) is 14.0. The highest BCUT2D eigenvalue weighted by Crippen LogP contribution is 2.26. The van der Waals surface area contributed by atoms with E-state index in [4.69, 9.17) is 16.3 Å². The Morgan fingerprint density at radius 2 is 2.08 bits per heavy atom. The Kier molecular flexibility index (Phi) is 4.86. The standard InChI is InChI=1S/C19H18ClFN4O/c20-15-10-12(7-8-16(15)21)23-19-24-17-6-2-1-5-14(17)18(25-19)22-11-13-4-3-9-26-13/h1-2,5-8,10,13H,3-4,9,11H2,(H2,22,23,24,25). The first-order chi connectivity index (χ1) is 12.7. The molecule has 1 aliphatic rings. The number of hydrogen-bond acceptors (Lipinski definition) is 5. The summed E-state index contributed by atoms with van der Waals surface area (Å²) in [7, 11) is 0. The van der Waals surface area contributed by atoms with Crippen molar-refractivity contribution in [3.05, 3.63) is 53.3 Å². The maximum absolute atomic E-state index is 13.3. The highest BCUT2D eigenvalue weighted by molar-refractivity contribution is 6.31. The number of hydrogen-bond donors (Lipinski definition) is 2. The van der Waals surface area contributed by atoms with Gasteiger partial charge in [0.05, 0.1) is 16.6 Å². The van der Waals surface area contributed by atoms with Crippen molar-refractivity contribution in [2.24, 2.45) is 0 Å². The molecular formula is C19H18ClFN4O. The van der Waals surface area contributed by atoms with E-state index in [9.17, 15) is 4.39 Å². The summed E-state index contributed by atoms with van der Waals surface area (Å²) in [5, 5.41) is 7.45. The van der Waals surface area contributed by atoms with E-state index >= 15 is 0 Å². The molecule has 1 fully saturated rings. The van der Waals surface area contributed by atoms with Gasteiger partial charge < -0.3 is 15.4 Å². The van der Waals surface area contributed by atoms with Crippen LogP contribution in [0.1, 0.15) is 12.8 Å². The molecule has 5 nitrogen and oxygen atoms in total. The van der Waals surface area contributed by atoms with Gasteiger partial charge in [0, 0.05) is 24.2 Å². The molecule has 0 bridgehead atoms. The molecule has 2 aromatic carbocycles. The molecule has 2 N–H and O–H groups in total. The van der Waals surface area contributed by atoms with E-state index in [1.54, 1.807) is 6.07 Å². The highest BCUT2D eigenvalue weighted by Gasteiger charge is 2.16. The normalized spacial score (nSPS) is 16.8. The van der Waals surface area contributed by atoms with Crippen molar-refractivity contribution in [2.75, 3.05) is 23.8 Å². The van der Waals surface area contributed by atoms with E-state index in [0.29, 0.717) is 18.2 Å². The summed E-state index contributed by atoms with van der Waals surface area (Å²) in [5.41, 5.74) is 1.44. The average molecular weight is 373 g/mol. The summed E-state index contributed by atoms with van der Waals surface area (Å²) in [6.45, 7) is 1.51. The monoisotopic (exact) mass is 372 g/mol. The predicted octanol–water partition coefficient (Wildman–Crippen LogP) is 4.76. The molecule has 4 rings (SSSR count). The van der Waals surface area contributed by atoms with E-state index in [2.05, 4.69) is 20.6 Å². The lowest BCUT2D eigenvalue weighted by molar-refractivity contribution is 0.120. The van der Waals surface area contributed by atoms with Crippen molar-refractivity contribution >= 4 is 40.0 Å². The topological polar surface area (TPSA) is 59.1 Å². The average Bonchev–Trinajstić information content (AvgIpc) is 3.16. The van der Waals surface area contributed by atoms with Gasteiger partial charge in [-0.1, -0.05) is 23.7 Å². The van der Waals surface area contributed by atoms with Crippen molar-refractivity contribution in [1.82, 2.24) is 9.97 Å². The second-order valence-corrected chi connectivity index (χ2v) is 6.59. The number of aromatic nitrogens is 2. The Bertz CT molecular complexity index is 931. The number of para-hydroxylation sites is 1. The first-order valence-electron chi connectivity index (χ1n) is 8.53. The number of rotatable bonds is 5. The van der Waals surface area contributed by atoms with Gasteiger partial charge in [-0.2, -0.15) is 4.98 Å². The third kappa shape index (κ3) is 3.71. The lowest BCUT2D eigenvalue weighted by Gasteiger charge is -2.14. The van der Waals surface area contributed by atoms with Gasteiger partial charge in [-0.15, -0.1) is 0 Å². The summed E-state index contributed by atoms with van der Waals surface area (Å²) < 4.78 is 19.0. The first-order valence-corrected chi connectivity index (χ1v) is 8.91. The van der Waals surface area contributed by atoms with Crippen LogP contribution in [0.2, 0.25) is 5.02 Å². The highest BCUT2D eigenvalue weighted by atomic mass is 35.5. The number of fused-ring (bicyclic) bond motifs is 1. The van der Waals surface area contributed by atoms with Crippen LogP contribution in [0.15, 0.2) is 42.5 Å². The Balaban J connectivity index is 1.62. The van der Waals surface area contributed by atoms with E-state index < -0.39 is 5.82 Å². The number of nitrogens with zero attached hydrogens (tertiary/aromatic N) is 2. The van der Waals surface area contributed by atoms with Gasteiger partial charge in [0.25, 0.3) is 0 Å². The van der Waals surface area contributed by atoms with E-state index in [1.807, 2.05) is 24.3 Å². The van der Waals surface area contributed by atoms with Crippen molar-refractivity contribution in [1.29, 1.82) is 0 Å². The Hall–Kier alpha value is -2.44. The first kappa shape index (κ1) is 17.0. The Morgan fingerprint density at radius 3 is 2.88 bits per heavy atom. The Morgan fingerprint density at radius 1 is 1.19 bits per heavy atom. The van der Waals surface area contributed by atoms with Crippen molar-refractivity contribution in [3.8, 4) is 0 Å². The molecule has 0 radical (unpaired) electrons. The number of nitrogens with one attached hydrogen (secondary N) is 2. The van der Waals surface area contributed by atoms with Gasteiger partial charge in [0.15, 0.2) is 0 Å². The molecular weight excluding hydrogens is 355 g/mol. The third-order valence-corrected chi connectivity index (χ3v) is 4.59. The molecule has 1 saturated heterocycles. The second-order valence-electron chi connectivity index (χ2n) is 6.18. The van der Waals surface area contributed by atoms with Crippen molar-refractivity contribution < 1.29 is 9.13 Å². The van der Waals surface area contributed by atoms with E-state index in [1.165, 1.54) is 12.1 Å². The molecule has 1 atom stereocenters. The maximum atomic E-state index is 13.3. The molecule has 1 aromatic heterocycles. The van der Waals surface area contributed by atoms with Gasteiger partial charge in [0.2, 0.25) is 5.95 Å². The van der Waals surface area contributed by atoms with E-state index in [-0.39, 0.29) is 11.1 Å². The van der Waals surface area contributed by atoms with Crippen LogP contribution in [-0.4, -0.2) is 29.2 Å². The van der Waals surface area contributed by atoms with Gasteiger partial charge >= 0.3 is 0 Å². The molecule has 0 saturated carbocycles. The number of anilines is 3. The number of ether oxygens (including phenoxy) is 1. The summed E-state index contributed by atoms with van der Waals surface area (Å²) >= 11 is 5.85. The smallest absolute Gasteiger partial charge is 0.229 e. The number of halogens is 2. The summed E-state index contributed by atoms with van der Waals surface area (Å²) in [6, 6.07) is 12.2. The molecule has 26 heavy (non-hydrogen) atoms. The Labute approximate surface area is 155 Å². The minimum Gasteiger partial charge on any atom is -0.376 e. The van der Waals surface area contributed by atoms with Crippen LogP contribution in [-0.2, 0) is 4.74 Å². The summed E-state index contributed by atoms with van der Waals surface area (Å²) in [5.74, 6) is 0.693. The molecule has 1 unspecified atom stereocenters. The van der Waals surface area contributed by atoms with Gasteiger partial charge in [0.1, 0.15) is 11.6 Å². The zero-order chi connectivity index (χ0) is 17.9. The van der Waals surface area contributed by atoms with Crippen LogP contribution in [0.25, 0.3) is 10.9 Å². The molecule has 0 amide bonds. The minimum atomic E-state index is -0.462. The van der Waals surface area contributed by atoms with Crippen LogP contribution >= 0.6 is 11.6 Å². The minimum absolute atomic E-state index is 0.0486. The van der Waals surface area contributed by atoms with Crippen LogP contribution in [0.5, 0.6) is 0 Å². The largest absolute Gasteiger partial charge is 0.376 e.